The number of rotatable bonds is 3. The minimum absolute atomic E-state index is 0.556. The van der Waals surface area contributed by atoms with E-state index in [1.807, 2.05) is 37.3 Å². The number of aryl methyl sites for hydroxylation is 1. The summed E-state index contributed by atoms with van der Waals surface area (Å²) in [5, 5.41) is 12.5. The average molecular weight is 286 g/mol. The fraction of sp³-hybridized carbons (Fsp3) is 0.143. The van der Waals surface area contributed by atoms with E-state index in [1.165, 1.54) is 0 Å². The molecule has 0 aliphatic carbocycles. The Kier molecular flexibility index (Phi) is 3.43. The second kappa shape index (κ2) is 5.38. The zero-order valence-corrected chi connectivity index (χ0v) is 11.6. The number of nitrogens with zero attached hydrogens (tertiary/aromatic N) is 5. The molecule has 5 nitrogen and oxygen atoms in total. The molecule has 0 atom stereocenters. The lowest BCUT2D eigenvalue weighted by atomic mass is 10.1. The summed E-state index contributed by atoms with van der Waals surface area (Å²) >= 11 is 6.34. The number of halogens is 1. The second-order valence-electron chi connectivity index (χ2n) is 4.46. The zero-order chi connectivity index (χ0) is 13.9. The minimum atomic E-state index is 0.556. The van der Waals surface area contributed by atoms with Gasteiger partial charge in [-0.3, -0.25) is 4.98 Å². The quantitative estimate of drug-likeness (QED) is 0.742. The summed E-state index contributed by atoms with van der Waals surface area (Å²) in [7, 11) is 0. The van der Waals surface area contributed by atoms with E-state index < -0.39 is 0 Å². The third-order valence-corrected chi connectivity index (χ3v) is 3.52. The summed E-state index contributed by atoms with van der Waals surface area (Å²) in [6, 6.07) is 9.69. The van der Waals surface area contributed by atoms with Gasteiger partial charge in [0.1, 0.15) is 0 Å². The van der Waals surface area contributed by atoms with Gasteiger partial charge in [-0.2, -0.15) is 0 Å². The smallest absolute Gasteiger partial charge is 0.183 e. The maximum absolute atomic E-state index is 6.34. The van der Waals surface area contributed by atoms with Crippen molar-refractivity contribution in [3.05, 3.63) is 58.9 Å². The SMILES string of the molecule is Cc1cccc(-c2nnnn2Cc2cccnc2)c1Cl. The van der Waals surface area contributed by atoms with Crippen LogP contribution in [-0.2, 0) is 6.54 Å². The van der Waals surface area contributed by atoms with E-state index in [1.54, 1.807) is 17.1 Å². The fourth-order valence-electron chi connectivity index (χ4n) is 1.99. The number of benzene rings is 1. The van der Waals surface area contributed by atoms with Crippen LogP contribution in [0.2, 0.25) is 5.02 Å². The minimum Gasteiger partial charge on any atom is -0.264 e. The van der Waals surface area contributed by atoms with Crippen LogP contribution in [0.1, 0.15) is 11.1 Å². The van der Waals surface area contributed by atoms with Crippen molar-refractivity contribution in [3.63, 3.8) is 0 Å². The Bertz CT molecular complexity index is 723. The molecule has 2 heterocycles. The number of tetrazole rings is 1. The molecule has 0 spiro atoms. The fourth-order valence-corrected chi connectivity index (χ4v) is 2.20. The van der Waals surface area contributed by atoms with E-state index in [2.05, 4.69) is 20.5 Å². The Balaban J connectivity index is 2.00. The van der Waals surface area contributed by atoms with Gasteiger partial charge in [0.25, 0.3) is 0 Å². The first-order valence-electron chi connectivity index (χ1n) is 6.16. The number of hydrogen-bond donors (Lipinski definition) is 0. The predicted octanol–water partition coefficient (Wildman–Crippen LogP) is 2.75. The summed E-state index contributed by atoms with van der Waals surface area (Å²) in [6.45, 7) is 2.52. The summed E-state index contributed by atoms with van der Waals surface area (Å²) in [5.41, 5.74) is 2.87. The molecule has 0 bridgehead atoms. The van der Waals surface area contributed by atoms with Crippen molar-refractivity contribution in [1.29, 1.82) is 0 Å². The Labute approximate surface area is 121 Å². The van der Waals surface area contributed by atoms with Gasteiger partial charge in [-0.15, -0.1) is 5.10 Å². The Morgan fingerprint density at radius 3 is 2.90 bits per heavy atom. The van der Waals surface area contributed by atoms with Crippen molar-refractivity contribution in [2.24, 2.45) is 0 Å². The van der Waals surface area contributed by atoms with Gasteiger partial charge in [0.15, 0.2) is 5.82 Å². The summed E-state index contributed by atoms with van der Waals surface area (Å²) in [4.78, 5) is 4.09. The van der Waals surface area contributed by atoms with Crippen LogP contribution in [0.25, 0.3) is 11.4 Å². The van der Waals surface area contributed by atoms with Gasteiger partial charge in [0, 0.05) is 18.0 Å². The molecule has 2 aromatic heterocycles. The molecule has 0 saturated heterocycles. The maximum Gasteiger partial charge on any atom is 0.183 e. The van der Waals surface area contributed by atoms with E-state index in [0.29, 0.717) is 17.4 Å². The molecule has 3 rings (SSSR count). The van der Waals surface area contributed by atoms with Gasteiger partial charge in [0.05, 0.1) is 11.6 Å². The van der Waals surface area contributed by atoms with Crippen LogP contribution < -0.4 is 0 Å². The van der Waals surface area contributed by atoms with Crippen LogP contribution >= 0.6 is 11.6 Å². The molecular formula is C14H12ClN5. The molecule has 100 valence electrons. The Morgan fingerprint density at radius 1 is 1.20 bits per heavy atom. The van der Waals surface area contributed by atoms with Crippen LogP contribution in [0.5, 0.6) is 0 Å². The lowest BCUT2D eigenvalue weighted by Gasteiger charge is -2.07. The van der Waals surface area contributed by atoms with E-state index in [0.717, 1.165) is 16.7 Å². The topological polar surface area (TPSA) is 56.5 Å². The molecule has 0 N–H and O–H groups in total. The highest BCUT2D eigenvalue weighted by Crippen LogP contribution is 2.28. The lowest BCUT2D eigenvalue weighted by Crippen LogP contribution is -2.05. The van der Waals surface area contributed by atoms with E-state index in [9.17, 15) is 0 Å². The van der Waals surface area contributed by atoms with Gasteiger partial charge in [-0.05, 0) is 40.6 Å². The van der Waals surface area contributed by atoms with Gasteiger partial charge < -0.3 is 0 Å². The van der Waals surface area contributed by atoms with Crippen LogP contribution in [0.4, 0.5) is 0 Å². The second-order valence-corrected chi connectivity index (χ2v) is 4.84. The van der Waals surface area contributed by atoms with Crippen molar-refractivity contribution >= 4 is 11.6 Å². The molecule has 3 aromatic rings. The summed E-state index contributed by atoms with van der Waals surface area (Å²) in [6.07, 6.45) is 3.53. The monoisotopic (exact) mass is 285 g/mol. The van der Waals surface area contributed by atoms with E-state index in [4.69, 9.17) is 11.6 Å². The first-order valence-corrected chi connectivity index (χ1v) is 6.54. The van der Waals surface area contributed by atoms with Crippen molar-refractivity contribution in [2.45, 2.75) is 13.5 Å². The molecule has 0 amide bonds. The molecule has 1 aromatic carbocycles. The van der Waals surface area contributed by atoms with Gasteiger partial charge in [0.2, 0.25) is 0 Å². The van der Waals surface area contributed by atoms with Gasteiger partial charge in [-0.25, -0.2) is 4.68 Å². The molecule has 0 saturated carbocycles. The molecule has 20 heavy (non-hydrogen) atoms. The highest BCUT2D eigenvalue weighted by atomic mass is 35.5. The average Bonchev–Trinajstić information content (AvgIpc) is 2.91. The zero-order valence-electron chi connectivity index (χ0n) is 10.9. The maximum atomic E-state index is 6.34. The van der Waals surface area contributed by atoms with Crippen LogP contribution in [0, 0.1) is 6.92 Å². The van der Waals surface area contributed by atoms with E-state index >= 15 is 0 Å². The van der Waals surface area contributed by atoms with E-state index in [-0.39, 0.29) is 0 Å². The summed E-state index contributed by atoms with van der Waals surface area (Å²) < 4.78 is 1.72. The Hall–Kier alpha value is -2.27. The first kappa shape index (κ1) is 12.7. The molecule has 0 aliphatic heterocycles. The number of aromatic nitrogens is 5. The first-order chi connectivity index (χ1) is 9.75. The Morgan fingerprint density at radius 2 is 2.10 bits per heavy atom. The standard InChI is InChI=1S/C14H12ClN5/c1-10-4-2-6-12(13(10)15)14-17-18-19-20(14)9-11-5-3-7-16-8-11/h2-8H,9H2,1H3. The van der Waals surface area contributed by atoms with Gasteiger partial charge in [-0.1, -0.05) is 29.8 Å². The predicted molar refractivity (Wildman–Crippen MR) is 76.3 cm³/mol. The van der Waals surface area contributed by atoms with Crippen molar-refractivity contribution < 1.29 is 0 Å². The van der Waals surface area contributed by atoms with Gasteiger partial charge >= 0.3 is 0 Å². The van der Waals surface area contributed by atoms with Crippen molar-refractivity contribution in [2.75, 3.05) is 0 Å². The molecule has 6 heteroatoms. The third-order valence-electron chi connectivity index (χ3n) is 3.02. The van der Waals surface area contributed by atoms with Crippen LogP contribution in [0.15, 0.2) is 42.7 Å². The number of hydrogen-bond acceptors (Lipinski definition) is 4. The molecule has 0 radical (unpaired) electrons. The van der Waals surface area contributed by atoms with Crippen molar-refractivity contribution in [1.82, 2.24) is 25.2 Å². The third kappa shape index (κ3) is 2.40. The molecular weight excluding hydrogens is 274 g/mol. The van der Waals surface area contributed by atoms with Crippen LogP contribution in [0.3, 0.4) is 0 Å². The highest BCUT2D eigenvalue weighted by Gasteiger charge is 2.13. The molecule has 0 aliphatic rings. The molecule has 0 unspecified atom stereocenters. The van der Waals surface area contributed by atoms with Crippen molar-refractivity contribution in [3.8, 4) is 11.4 Å². The highest BCUT2D eigenvalue weighted by molar-refractivity contribution is 6.33. The lowest BCUT2D eigenvalue weighted by molar-refractivity contribution is 0.652. The molecule has 0 fully saturated rings. The van der Waals surface area contributed by atoms with Crippen LogP contribution in [-0.4, -0.2) is 25.2 Å². The summed E-state index contributed by atoms with van der Waals surface area (Å²) in [5.74, 6) is 0.655. The largest absolute Gasteiger partial charge is 0.264 e. The normalized spacial score (nSPS) is 10.7. The number of pyridine rings is 1.